The second kappa shape index (κ2) is 5.90. The average Bonchev–Trinajstić information content (AvgIpc) is 2.72. The number of aryl methyl sites for hydroxylation is 1. The molecule has 2 unspecified atom stereocenters. The third kappa shape index (κ3) is 3.74. The Balaban J connectivity index is 1.87. The molecule has 0 aliphatic carbocycles. The third-order valence-electron chi connectivity index (χ3n) is 3.41. The van der Waals surface area contributed by atoms with Gasteiger partial charge in [0.25, 0.3) is 0 Å². The number of alkyl halides is 1. The van der Waals surface area contributed by atoms with Crippen molar-refractivity contribution in [3.05, 3.63) is 29.3 Å². The largest absolute Gasteiger partial charge is 0.493 e. The van der Waals surface area contributed by atoms with Crippen LogP contribution in [0.3, 0.4) is 0 Å². The van der Waals surface area contributed by atoms with Crippen LogP contribution in [0.25, 0.3) is 0 Å². The van der Waals surface area contributed by atoms with E-state index in [1.807, 2.05) is 0 Å². The lowest BCUT2D eigenvalue weighted by molar-refractivity contribution is 0.357. The first-order valence-electron chi connectivity index (χ1n) is 6.54. The zero-order valence-corrected chi connectivity index (χ0v) is 12.3. The van der Waals surface area contributed by atoms with Gasteiger partial charge in [0.05, 0.1) is 6.61 Å². The van der Waals surface area contributed by atoms with E-state index < -0.39 is 0 Å². The van der Waals surface area contributed by atoms with Crippen molar-refractivity contribution in [1.29, 1.82) is 0 Å². The van der Waals surface area contributed by atoms with E-state index in [-0.39, 0.29) is 0 Å². The molecular weight excluding hydrogens is 276 g/mol. The number of rotatable bonds is 5. The van der Waals surface area contributed by atoms with E-state index in [0.717, 1.165) is 24.7 Å². The van der Waals surface area contributed by atoms with E-state index in [1.54, 1.807) is 0 Å². The van der Waals surface area contributed by atoms with Crippen LogP contribution in [-0.4, -0.2) is 11.4 Å². The van der Waals surface area contributed by atoms with Crippen LogP contribution in [-0.2, 0) is 12.8 Å². The molecule has 0 spiro atoms. The average molecular weight is 297 g/mol. The highest BCUT2D eigenvalue weighted by molar-refractivity contribution is 9.09. The second-order valence-corrected chi connectivity index (χ2v) is 6.76. The predicted molar refractivity (Wildman–Crippen MR) is 76.1 cm³/mol. The molecule has 94 valence electrons. The normalized spacial score (nSPS) is 17.4. The van der Waals surface area contributed by atoms with Crippen LogP contribution in [0.15, 0.2) is 18.2 Å². The van der Waals surface area contributed by atoms with Gasteiger partial charge in [0.1, 0.15) is 5.75 Å². The van der Waals surface area contributed by atoms with Crippen LogP contribution in [0.1, 0.15) is 37.8 Å². The van der Waals surface area contributed by atoms with Gasteiger partial charge < -0.3 is 4.74 Å². The van der Waals surface area contributed by atoms with E-state index in [4.69, 9.17) is 4.74 Å². The summed E-state index contributed by atoms with van der Waals surface area (Å²) in [5.41, 5.74) is 2.85. The minimum absolute atomic E-state index is 0.630. The molecule has 2 atom stereocenters. The van der Waals surface area contributed by atoms with Crippen LogP contribution in [0.5, 0.6) is 5.75 Å². The Kier molecular flexibility index (Phi) is 4.49. The first-order valence-corrected chi connectivity index (χ1v) is 7.45. The summed E-state index contributed by atoms with van der Waals surface area (Å²) >= 11 is 3.63. The van der Waals surface area contributed by atoms with Crippen molar-refractivity contribution in [2.24, 2.45) is 5.92 Å². The maximum atomic E-state index is 5.53. The first-order chi connectivity index (χ1) is 8.15. The van der Waals surface area contributed by atoms with Crippen LogP contribution >= 0.6 is 15.9 Å². The monoisotopic (exact) mass is 296 g/mol. The lowest BCUT2D eigenvalue weighted by Crippen LogP contribution is -2.03. The highest BCUT2D eigenvalue weighted by Crippen LogP contribution is 2.27. The lowest BCUT2D eigenvalue weighted by atomic mass is 9.96. The third-order valence-corrected chi connectivity index (χ3v) is 3.78. The van der Waals surface area contributed by atoms with Gasteiger partial charge in [0, 0.05) is 11.2 Å². The number of fused-ring (bicyclic) bond motifs is 1. The fourth-order valence-electron chi connectivity index (χ4n) is 2.48. The van der Waals surface area contributed by atoms with Gasteiger partial charge in [-0.05, 0) is 42.4 Å². The van der Waals surface area contributed by atoms with E-state index in [0.29, 0.717) is 4.83 Å². The molecule has 0 fully saturated rings. The van der Waals surface area contributed by atoms with Gasteiger partial charge in [0.2, 0.25) is 0 Å². The summed E-state index contributed by atoms with van der Waals surface area (Å²) in [6.07, 6.45) is 4.80. The molecule has 2 heteroatoms. The number of ether oxygens (including phenoxy) is 1. The van der Waals surface area contributed by atoms with Gasteiger partial charge in [-0.1, -0.05) is 41.9 Å². The summed E-state index contributed by atoms with van der Waals surface area (Å²) in [7, 11) is 0. The molecule has 0 radical (unpaired) electrons. The van der Waals surface area contributed by atoms with Crippen LogP contribution in [0, 0.1) is 5.92 Å². The van der Waals surface area contributed by atoms with Crippen molar-refractivity contribution in [2.75, 3.05) is 6.61 Å². The standard InChI is InChI=1S/C15H21BrO/c1-11(9-12(2)16)3-4-13-5-6-15-14(10-13)7-8-17-15/h5-6,10-12H,3-4,7-9H2,1-2H3. The van der Waals surface area contributed by atoms with E-state index in [9.17, 15) is 0 Å². The zero-order chi connectivity index (χ0) is 12.3. The van der Waals surface area contributed by atoms with Crippen molar-refractivity contribution in [3.63, 3.8) is 0 Å². The molecule has 0 amide bonds. The van der Waals surface area contributed by atoms with E-state index in [2.05, 4.69) is 48.0 Å². The van der Waals surface area contributed by atoms with Gasteiger partial charge in [-0.25, -0.2) is 0 Å². The van der Waals surface area contributed by atoms with Crippen LogP contribution < -0.4 is 4.74 Å². The first kappa shape index (κ1) is 12.9. The van der Waals surface area contributed by atoms with Crippen LogP contribution in [0.4, 0.5) is 0 Å². The zero-order valence-electron chi connectivity index (χ0n) is 10.7. The topological polar surface area (TPSA) is 9.23 Å². The van der Waals surface area contributed by atoms with E-state index in [1.165, 1.54) is 30.4 Å². The summed E-state index contributed by atoms with van der Waals surface area (Å²) in [4.78, 5) is 0.630. The van der Waals surface area contributed by atoms with Gasteiger partial charge in [-0.15, -0.1) is 0 Å². The van der Waals surface area contributed by atoms with Crippen molar-refractivity contribution >= 4 is 15.9 Å². The smallest absolute Gasteiger partial charge is 0.122 e. The Bertz CT molecular complexity index is 373. The molecule has 1 aromatic rings. The molecule has 1 aliphatic rings. The van der Waals surface area contributed by atoms with Crippen LogP contribution in [0.2, 0.25) is 0 Å². The minimum atomic E-state index is 0.630. The predicted octanol–water partition coefficient (Wildman–Crippen LogP) is 4.36. The van der Waals surface area contributed by atoms with Gasteiger partial charge in [0.15, 0.2) is 0 Å². The number of halogens is 1. The molecular formula is C15H21BrO. The second-order valence-electron chi connectivity index (χ2n) is 5.20. The minimum Gasteiger partial charge on any atom is -0.493 e. The van der Waals surface area contributed by atoms with Crippen molar-refractivity contribution in [1.82, 2.24) is 0 Å². The fourth-order valence-corrected chi connectivity index (χ4v) is 3.12. The van der Waals surface area contributed by atoms with E-state index >= 15 is 0 Å². The maximum Gasteiger partial charge on any atom is 0.122 e. The Labute approximate surface area is 113 Å². The van der Waals surface area contributed by atoms with Gasteiger partial charge in [-0.3, -0.25) is 0 Å². The molecule has 17 heavy (non-hydrogen) atoms. The summed E-state index contributed by atoms with van der Waals surface area (Å²) < 4.78 is 5.53. The number of benzene rings is 1. The van der Waals surface area contributed by atoms with Crippen molar-refractivity contribution in [2.45, 2.75) is 44.4 Å². The van der Waals surface area contributed by atoms with Gasteiger partial charge in [-0.2, -0.15) is 0 Å². The summed E-state index contributed by atoms with van der Waals surface area (Å²) in [6.45, 7) is 5.42. The quantitative estimate of drug-likeness (QED) is 0.734. The molecule has 0 saturated heterocycles. The van der Waals surface area contributed by atoms with Crippen molar-refractivity contribution < 1.29 is 4.74 Å². The number of hydrogen-bond acceptors (Lipinski definition) is 1. The molecule has 1 aliphatic heterocycles. The maximum absolute atomic E-state index is 5.53. The Morgan fingerprint density at radius 2 is 2.18 bits per heavy atom. The summed E-state index contributed by atoms with van der Waals surface area (Å²) in [5, 5.41) is 0. The SMILES string of the molecule is CC(Br)CC(C)CCc1ccc2c(c1)CCO2. The molecule has 0 N–H and O–H groups in total. The summed E-state index contributed by atoms with van der Waals surface area (Å²) in [6, 6.07) is 6.68. The Hall–Kier alpha value is -0.500. The molecule has 0 saturated carbocycles. The molecule has 1 heterocycles. The Morgan fingerprint density at radius 1 is 1.35 bits per heavy atom. The molecule has 0 aromatic heterocycles. The van der Waals surface area contributed by atoms with Gasteiger partial charge >= 0.3 is 0 Å². The highest BCUT2D eigenvalue weighted by atomic mass is 79.9. The number of hydrogen-bond donors (Lipinski definition) is 0. The lowest BCUT2D eigenvalue weighted by Gasteiger charge is -2.13. The highest BCUT2D eigenvalue weighted by Gasteiger charge is 2.12. The molecule has 1 nitrogen and oxygen atoms in total. The Morgan fingerprint density at radius 3 is 2.94 bits per heavy atom. The van der Waals surface area contributed by atoms with Crippen molar-refractivity contribution in [3.8, 4) is 5.75 Å². The molecule has 0 bridgehead atoms. The summed E-state index contributed by atoms with van der Waals surface area (Å²) in [5.74, 6) is 1.88. The molecule has 2 rings (SSSR count). The fraction of sp³-hybridized carbons (Fsp3) is 0.600. The molecule has 1 aromatic carbocycles.